The molecule has 29 heavy (non-hydrogen) atoms. The van der Waals surface area contributed by atoms with Gasteiger partial charge in [0.15, 0.2) is 11.3 Å². The molecule has 0 aliphatic carbocycles. The van der Waals surface area contributed by atoms with E-state index in [2.05, 4.69) is 25.1 Å². The van der Waals surface area contributed by atoms with Gasteiger partial charge >= 0.3 is 0 Å². The number of nitriles is 1. The maximum atomic E-state index is 12.2. The van der Waals surface area contributed by atoms with Gasteiger partial charge in [-0.3, -0.25) is 9.89 Å². The minimum Gasteiger partial charge on any atom is -0.295 e. The van der Waals surface area contributed by atoms with Crippen LogP contribution in [0.25, 0.3) is 22.4 Å². The Kier molecular flexibility index (Phi) is 4.07. The largest absolute Gasteiger partial charge is 0.295 e. The van der Waals surface area contributed by atoms with Crippen LogP contribution in [0, 0.1) is 11.3 Å². The third-order valence-corrected chi connectivity index (χ3v) is 5.40. The Morgan fingerprint density at radius 1 is 1.17 bits per heavy atom. The van der Waals surface area contributed by atoms with E-state index in [0.29, 0.717) is 28.3 Å². The van der Waals surface area contributed by atoms with Crippen molar-refractivity contribution in [2.24, 2.45) is 0 Å². The molecular formula is C19H12N8OS. The summed E-state index contributed by atoms with van der Waals surface area (Å²) in [7, 11) is 0. The molecule has 0 bridgehead atoms. The van der Waals surface area contributed by atoms with Crippen LogP contribution in [-0.2, 0) is 5.75 Å². The molecule has 0 spiro atoms. The Balaban J connectivity index is 1.49. The molecule has 5 aromatic rings. The second kappa shape index (κ2) is 6.88. The number of aromatic amines is 1. The summed E-state index contributed by atoms with van der Waals surface area (Å²) in [6.45, 7) is 0. The number of hydrogen-bond donors (Lipinski definition) is 1. The number of H-pyrrole nitrogens is 1. The first-order chi connectivity index (χ1) is 14.2. The molecule has 140 valence electrons. The van der Waals surface area contributed by atoms with Gasteiger partial charge in [-0.05, 0) is 12.1 Å². The lowest BCUT2D eigenvalue weighted by Crippen LogP contribution is -2.15. The fraction of sp³-hybridized carbons (Fsp3) is 0.0526. The molecule has 4 aromatic heterocycles. The fourth-order valence-electron chi connectivity index (χ4n) is 3.02. The molecule has 0 saturated heterocycles. The molecule has 10 heteroatoms. The SMILES string of the molecule is N#Cc1c[nH]n2c(=O)cc(CSc3ncnc4c3cnn4-c3ccccc3)nc12. The number of hydrogen-bond acceptors (Lipinski definition) is 7. The zero-order valence-corrected chi connectivity index (χ0v) is 15.7. The van der Waals surface area contributed by atoms with E-state index in [0.717, 1.165) is 16.1 Å². The predicted octanol–water partition coefficient (Wildman–Crippen LogP) is 2.32. The van der Waals surface area contributed by atoms with Gasteiger partial charge in [0.05, 0.1) is 23.0 Å². The highest BCUT2D eigenvalue weighted by Gasteiger charge is 2.13. The molecule has 5 rings (SSSR count). The zero-order chi connectivity index (χ0) is 19.8. The van der Waals surface area contributed by atoms with Crippen molar-refractivity contribution >= 4 is 28.4 Å². The van der Waals surface area contributed by atoms with Crippen LogP contribution in [0.2, 0.25) is 0 Å². The van der Waals surface area contributed by atoms with Crippen molar-refractivity contribution < 1.29 is 0 Å². The van der Waals surface area contributed by atoms with Gasteiger partial charge in [-0.25, -0.2) is 24.1 Å². The quantitative estimate of drug-likeness (QED) is 0.363. The third-order valence-electron chi connectivity index (χ3n) is 4.36. The van der Waals surface area contributed by atoms with Crippen LogP contribution in [0.3, 0.4) is 0 Å². The summed E-state index contributed by atoms with van der Waals surface area (Å²) in [5.74, 6) is 0.421. The van der Waals surface area contributed by atoms with Crippen LogP contribution in [0.15, 0.2) is 64.9 Å². The number of thioether (sulfide) groups is 1. The normalized spacial score (nSPS) is 11.1. The molecule has 9 nitrogen and oxygen atoms in total. The van der Waals surface area contributed by atoms with E-state index in [-0.39, 0.29) is 5.56 Å². The van der Waals surface area contributed by atoms with Crippen molar-refractivity contribution in [3.63, 3.8) is 0 Å². The molecule has 0 aliphatic rings. The average Bonchev–Trinajstić information content (AvgIpc) is 3.37. The van der Waals surface area contributed by atoms with Gasteiger partial charge in [0, 0.05) is 18.0 Å². The summed E-state index contributed by atoms with van der Waals surface area (Å²) in [6.07, 6.45) is 4.69. The molecule has 0 fully saturated rings. The summed E-state index contributed by atoms with van der Waals surface area (Å²) in [6, 6.07) is 13.2. The van der Waals surface area contributed by atoms with Crippen LogP contribution < -0.4 is 5.56 Å². The van der Waals surface area contributed by atoms with Crippen molar-refractivity contribution in [2.45, 2.75) is 10.8 Å². The number of aromatic nitrogens is 7. The van der Waals surface area contributed by atoms with Gasteiger partial charge in [0.1, 0.15) is 23.0 Å². The minimum atomic E-state index is -0.267. The molecule has 0 amide bonds. The minimum absolute atomic E-state index is 0.267. The van der Waals surface area contributed by atoms with Gasteiger partial charge in [0.25, 0.3) is 5.56 Å². The fourth-order valence-corrected chi connectivity index (χ4v) is 3.88. The van der Waals surface area contributed by atoms with Crippen LogP contribution in [0.1, 0.15) is 11.3 Å². The van der Waals surface area contributed by atoms with Crippen molar-refractivity contribution in [1.82, 2.24) is 34.3 Å². The molecule has 4 heterocycles. The van der Waals surface area contributed by atoms with Gasteiger partial charge < -0.3 is 0 Å². The second-order valence-electron chi connectivity index (χ2n) is 6.14. The Hall–Kier alpha value is -3.97. The molecule has 0 aliphatic heterocycles. The third kappa shape index (κ3) is 2.94. The highest BCUT2D eigenvalue weighted by Crippen LogP contribution is 2.27. The number of nitrogens with zero attached hydrogens (tertiary/aromatic N) is 7. The van der Waals surface area contributed by atoms with Crippen LogP contribution in [-0.4, -0.2) is 34.3 Å². The lowest BCUT2D eigenvalue weighted by atomic mass is 10.3. The maximum absolute atomic E-state index is 12.2. The van der Waals surface area contributed by atoms with E-state index in [9.17, 15) is 10.1 Å². The Morgan fingerprint density at radius 2 is 2.03 bits per heavy atom. The summed E-state index contributed by atoms with van der Waals surface area (Å²) in [5, 5.41) is 17.9. The lowest BCUT2D eigenvalue weighted by Gasteiger charge is -2.04. The summed E-state index contributed by atoms with van der Waals surface area (Å²) in [4.78, 5) is 25.4. The van der Waals surface area contributed by atoms with Crippen LogP contribution in [0.5, 0.6) is 0 Å². The lowest BCUT2D eigenvalue weighted by molar-refractivity contribution is 0.888. The molecule has 1 aromatic carbocycles. The molecule has 0 unspecified atom stereocenters. The molecular weight excluding hydrogens is 388 g/mol. The van der Waals surface area contributed by atoms with Crippen LogP contribution >= 0.6 is 11.8 Å². The first kappa shape index (κ1) is 17.2. The van der Waals surface area contributed by atoms with E-state index in [1.54, 1.807) is 10.9 Å². The smallest absolute Gasteiger partial charge is 0.272 e. The topological polar surface area (TPSA) is 118 Å². The van der Waals surface area contributed by atoms with Crippen molar-refractivity contribution in [3.8, 4) is 11.8 Å². The second-order valence-corrected chi connectivity index (χ2v) is 7.10. The predicted molar refractivity (Wildman–Crippen MR) is 107 cm³/mol. The van der Waals surface area contributed by atoms with E-state index < -0.39 is 0 Å². The number of benzene rings is 1. The number of para-hydroxylation sites is 1. The van der Waals surface area contributed by atoms with Gasteiger partial charge in [-0.15, -0.1) is 0 Å². The van der Waals surface area contributed by atoms with E-state index >= 15 is 0 Å². The molecule has 0 radical (unpaired) electrons. The zero-order valence-electron chi connectivity index (χ0n) is 14.9. The highest BCUT2D eigenvalue weighted by atomic mass is 32.2. The van der Waals surface area contributed by atoms with Gasteiger partial charge in [0.2, 0.25) is 0 Å². The standard InChI is InChI=1S/C19H12N8OS/c20-7-12-8-23-27-16(28)6-13(25-17(12)27)10-29-19-15-9-24-26(18(15)21-11-22-19)14-4-2-1-3-5-14/h1-6,8-9,11,23H,10H2. The van der Waals surface area contributed by atoms with Gasteiger partial charge in [-0.1, -0.05) is 30.0 Å². The first-order valence-corrected chi connectivity index (χ1v) is 9.60. The Labute approximate surface area is 167 Å². The van der Waals surface area contributed by atoms with Crippen molar-refractivity contribution in [1.29, 1.82) is 5.26 Å². The molecule has 0 saturated carbocycles. The molecule has 0 atom stereocenters. The van der Waals surface area contributed by atoms with E-state index in [4.69, 9.17) is 0 Å². The Bertz CT molecular complexity index is 1440. The number of rotatable bonds is 4. The highest BCUT2D eigenvalue weighted by molar-refractivity contribution is 7.98. The van der Waals surface area contributed by atoms with E-state index in [1.807, 2.05) is 36.4 Å². The van der Waals surface area contributed by atoms with E-state index in [1.165, 1.54) is 34.9 Å². The average molecular weight is 400 g/mol. The van der Waals surface area contributed by atoms with Gasteiger partial charge in [-0.2, -0.15) is 10.4 Å². The maximum Gasteiger partial charge on any atom is 0.272 e. The number of fused-ring (bicyclic) bond motifs is 2. The molecule has 1 N–H and O–H groups in total. The van der Waals surface area contributed by atoms with Crippen molar-refractivity contribution in [3.05, 3.63) is 76.7 Å². The monoisotopic (exact) mass is 400 g/mol. The Morgan fingerprint density at radius 3 is 2.86 bits per heavy atom. The summed E-state index contributed by atoms with van der Waals surface area (Å²) in [5.41, 5.74) is 2.56. The summed E-state index contributed by atoms with van der Waals surface area (Å²) >= 11 is 1.44. The summed E-state index contributed by atoms with van der Waals surface area (Å²) < 4.78 is 3.01. The van der Waals surface area contributed by atoms with Crippen LogP contribution in [0.4, 0.5) is 0 Å². The first-order valence-electron chi connectivity index (χ1n) is 8.62. The number of nitrogens with one attached hydrogen (secondary N) is 1. The van der Waals surface area contributed by atoms with Crippen molar-refractivity contribution in [2.75, 3.05) is 0 Å².